The van der Waals surface area contributed by atoms with Crippen molar-refractivity contribution in [3.63, 3.8) is 0 Å². The van der Waals surface area contributed by atoms with Gasteiger partial charge in [-0.2, -0.15) is 0 Å². The molecular formula is C22H25BO4. The monoisotopic (exact) mass is 364 g/mol. The Morgan fingerprint density at radius 3 is 2.70 bits per heavy atom. The molecule has 1 aliphatic heterocycles. The molecule has 2 N–H and O–H groups in total. The van der Waals surface area contributed by atoms with Crippen molar-refractivity contribution in [2.45, 2.75) is 38.8 Å². The van der Waals surface area contributed by atoms with Crippen LogP contribution < -0.4 is 0 Å². The molecule has 0 saturated heterocycles. The Morgan fingerprint density at radius 2 is 2.04 bits per heavy atom. The molecule has 1 aliphatic rings. The van der Waals surface area contributed by atoms with Gasteiger partial charge in [-0.05, 0) is 54.7 Å². The number of furan rings is 1. The van der Waals surface area contributed by atoms with Gasteiger partial charge in [-0.15, -0.1) is 0 Å². The van der Waals surface area contributed by atoms with Gasteiger partial charge in [0.05, 0.1) is 6.10 Å². The van der Waals surface area contributed by atoms with Crippen LogP contribution in [0.15, 0.2) is 70.7 Å². The number of benzene rings is 1. The van der Waals surface area contributed by atoms with E-state index in [1.165, 1.54) is 0 Å². The van der Waals surface area contributed by atoms with Crippen LogP contribution >= 0.6 is 0 Å². The second kappa shape index (κ2) is 9.04. The maximum atomic E-state index is 9.88. The van der Waals surface area contributed by atoms with E-state index in [-0.39, 0.29) is 12.7 Å². The third-order valence-corrected chi connectivity index (χ3v) is 4.68. The molecule has 27 heavy (non-hydrogen) atoms. The Morgan fingerprint density at radius 1 is 1.26 bits per heavy atom. The predicted octanol–water partition coefficient (Wildman–Crippen LogP) is 4.47. The predicted molar refractivity (Wildman–Crippen MR) is 109 cm³/mol. The summed E-state index contributed by atoms with van der Waals surface area (Å²) in [7, 11) is -0.764. The Hall–Kier alpha value is -2.34. The zero-order valence-electron chi connectivity index (χ0n) is 15.6. The van der Waals surface area contributed by atoms with Gasteiger partial charge in [0.1, 0.15) is 18.1 Å². The second-order valence-corrected chi connectivity index (χ2v) is 6.79. The molecule has 1 aromatic heterocycles. The average molecular weight is 364 g/mol. The highest BCUT2D eigenvalue weighted by molar-refractivity contribution is 6.43. The fourth-order valence-electron chi connectivity index (χ4n) is 3.32. The summed E-state index contributed by atoms with van der Waals surface area (Å²) in [4.78, 5) is 0. The molecular weight excluding hydrogens is 339 g/mol. The van der Waals surface area contributed by atoms with E-state index in [1.807, 2.05) is 43.3 Å². The van der Waals surface area contributed by atoms with E-state index in [4.69, 9.17) is 9.07 Å². The first kappa shape index (κ1) is 19.4. The first-order chi connectivity index (χ1) is 13.1. The summed E-state index contributed by atoms with van der Waals surface area (Å²) >= 11 is 0. The van der Waals surface area contributed by atoms with E-state index < -0.39 is 7.12 Å². The Kier molecular flexibility index (Phi) is 6.51. The summed E-state index contributed by atoms with van der Waals surface area (Å²) in [6, 6.07) is 13.8. The van der Waals surface area contributed by atoms with Crippen LogP contribution in [-0.4, -0.2) is 23.4 Å². The van der Waals surface area contributed by atoms with E-state index in [0.29, 0.717) is 17.8 Å². The Labute approximate surface area is 160 Å². The third kappa shape index (κ3) is 5.10. The molecule has 140 valence electrons. The molecule has 1 aromatic carbocycles. The summed E-state index contributed by atoms with van der Waals surface area (Å²) in [5.41, 5.74) is 4.25. The van der Waals surface area contributed by atoms with Gasteiger partial charge in [0.25, 0.3) is 0 Å². The van der Waals surface area contributed by atoms with Crippen LogP contribution in [0.1, 0.15) is 36.8 Å². The second-order valence-electron chi connectivity index (χ2n) is 6.79. The molecule has 4 nitrogen and oxygen atoms in total. The van der Waals surface area contributed by atoms with Crippen LogP contribution in [0, 0.1) is 0 Å². The molecule has 0 saturated carbocycles. The number of allylic oxidation sites excluding steroid dienone is 2. The third-order valence-electron chi connectivity index (χ3n) is 4.68. The number of hydrogen-bond donors (Lipinski definition) is 2. The highest BCUT2D eigenvalue weighted by atomic mass is 16.5. The molecule has 0 spiro atoms. The van der Waals surface area contributed by atoms with Crippen LogP contribution in [0.3, 0.4) is 0 Å². The number of hydrogen-bond acceptors (Lipinski definition) is 4. The minimum Gasteiger partial charge on any atom is -0.459 e. The van der Waals surface area contributed by atoms with Crippen LogP contribution in [0.2, 0.25) is 6.32 Å². The molecule has 2 heterocycles. The summed E-state index contributed by atoms with van der Waals surface area (Å²) in [5.74, 6) is 1.25. The van der Waals surface area contributed by atoms with Crippen LogP contribution in [-0.2, 0) is 11.3 Å². The van der Waals surface area contributed by atoms with E-state index in [0.717, 1.165) is 35.1 Å². The quantitative estimate of drug-likeness (QED) is 0.712. The van der Waals surface area contributed by atoms with Gasteiger partial charge >= 0.3 is 7.12 Å². The van der Waals surface area contributed by atoms with E-state index in [9.17, 15) is 10.1 Å². The first-order valence-corrected chi connectivity index (χ1v) is 9.22. The van der Waals surface area contributed by atoms with Crippen molar-refractivity contribution in [2.75, 3.05) is 0 Å². The molecule has 0 radical (unpaired) electrons. The molecule has 3 rings (SSSR count). The van der Waals surface area contributed by atoms with Crippen LogP contribution in [0.4, 0.5) is 0 Å². The number of rotatable bonds is 7. The first-order valence-electron chi connectivity index (χ1n) is 9.22. The number of aliphatic hydroxyl groups is 1. The number of aliphatic hydroxyl groups excluding tert-OH is 1. The maximum absolute atomic E-state index is 9.88. The van der Waals surface area contributed by atoms with Crippen molar-refractivity contribution in [3.8, 4) is 0 Å². The SMILES string of the molecule is C=C(C)C1=CCB(O)OC1CC/C(=C/c1ccc(CO)o1)c1ccccc1. The molecule has 0 aliphatic carbocycles. The average Bonchev–Trinajstić information content (AvgIpc) is 3.13. The fraction of sp³-hybridized carbons (Fsp3) is 0.273. The lowest BCUT2D eigenvalue weighted by atomic mass is 9.78. The van der Waals surface area contributed by atoms with Gasteiger partial charge in [0, 0.05) is 6.32 Å². The van der Waals surface area contributed by atoms with Crippen molar-refractivity contribution in [1.82, 2.24) is 0 Å². The van der Waals surface area contributed by atoms with E-state index >= 15 is 0 Å². The molecule has 0 amide bonds. The zero-order chi connectivity index (χ0) is 19.2. The van der Waals surface area contributed by atoms with Crippen molar-refractivity contribution in [1.29, 1.82) is 0 Å². The lowest BCUT2D eigenvalue weighted by molar-refractivity contribution is 0.184. The standard InChI is InChI=1S/C22H25BO4/c1-16(2)21-12-13-23(25)27-22(21)11-8-18(17-6-4-3-5-7-17)14-19-9-10-20(15-24)26-19/h3-7,9-10,12,14,22,24-25H,1,8,11,13,15H2,2H3/b18-14-. The Balaban J connectivity index is 1.82. The van der Waals surface area contributed by atoms with Crippen molar-refractivity contribution in [2.24, 2.45) is 0 Å². The van der Waals surface area contributed by atoms with Crippen molar-refractivity contribution >= 4 is 18.8 Å². The van der Waals surface area contributed by atoms with Crippen LogP contribution in [0.25, 0.3) is 11.6 Å². The fourth-order valence-corrected chi connectivity index (χ4v) is 3.32. The topological polar surface area (TPSA) is 62.8 Å². The van der Waals surface area contributed by atoms with E-state index in [1.54, 1.807) is 6.07 Å². The summed E-state index contributed by atoms with van der Waals surface area (Å²) in [6.07, 6.45) is 5.81. The molecule has 1 unspecified atom stereocenters. The molecule has 2 aromatic rings. The Bertz CT molecular complexity index is 835. The molecule has 1 atom stereocenters. The summed E-state index contributed by atoms with van der Waals surface area (Å²) in [6.45, 7) is 5.89. The molecule has 0 bridgehead atoms. The molecule has 0 fully saturated rings. The smallest absolute Gasteiger partial charge is 0.458 e. The van der Waals surface area contributed by atoms with E-state index in [2.05, 4.69) is 18.7 Å². The lowest BCUT2D eigenvalue weighted by Gasteiger charge is -2.27. The van der Waals surface area contributed by atoms with Gasteiger partial charge in [0.15, 0.2) is 0 Å². The molecule has 5 heteroatoms. The van der Waals surface area contributed by atoms with Gasteiger partial charge in [-0.3, -0.25) is 0 Å². The van der Waals surface area contributed by atoms with Crippen molar-refractivity contribution in [3.05, 3.63) is 83.3 Å². The highest BCUT2D eigenvalue weighted by Gasteiger charge is 2.27. The van der Waals surface area contributed by atoms with Gasteiger partial charge < -0.3 is 19.2 Å². The normalized spacial score (nSPS) is 17.7. The van der Waals surface area contributed by atoms with Crippen molar-refractivity contribution < 1.29 is 19.2 Å². The van der Waals surface area contributed by atoms with Gasteiger partial charge in [-0.25, -0.2) is 0 Å². The largest absolute Gasteiger partial charge is 0.459 e. The van der Waals surface area contributed by atoms with Gasteiger partial charge in [0.2, 0.25) is 0 Å². The summed E-state index contributed by atoms with van der Waals surface area (Å²) < 4.78 is 11.4. The lowest BCUT2D eigenvalue weighted by Crippen LogP contribution is -2.31. The minimum absolute atomic E-state index is 0.116. The zero-order valence-corrected chi connectivity index (χ0v) is 15.6. The highest BCUT2D eigenvalue weighted by Crippen LogP contribution is 2.30. The minimum atomic E-state index is -0.764. The van der Waals surface area contributed by atoms with Gasteiger partial charge in [-0.1, -0.05) is 48.6 Å². The summed E-state index contributed by atoms with van der Waals surface area (Å²) in [5, 5.41) is 19.1. The maximum Gasteiger partial charge on any atom is 0.458 e. The van der Waals surface area contributed by atoms with Crippen LogP contribution in [0.5, 0.6) is 0 Å².